The number of benzene rings is 3. The number of H-pyrrole nitrogens is 2. The third-order valence-corrected chi connectivity index (χ3v) is 5.32. The minimum absolute atomic E-state index is 0.0893. The molecule has 0 aliphatic carbocycles. The largest absolute Gasteiger partial charge is 0.346 e. The summed E-state index contributed by atoms with van der Waals surface area (Å²) in [6.07, 6.45) is 1.68. The Balaban J connectivity index is 1.45. The van der Waals surface area contributed by atoms with Gasteiger partial charge in [0, 0.05) is 22.1 Å². The number of aromatic nitrogens is 5. The number of rotatable bonds is 5. The number of carbonyl (C=O) groups excluding carboxylic acids is 1. The van der Waals surface area contributed by atoms with E-state index in [1.807, 2.05) is 79.7 Å². The lowest BCUT2D eigenvalue weighted by Gasteiger charge is -2.14. The molecule has 0 saturated heterocycles. The highest BCUT2D eigenvalue weighted by atomic mass is 16.1. The molecule has 7 heteroatoms. The fraction of sp³-hybridized carbons (Fsp3) is 0.0833. The zero-order chi connectivity index (χ0) is 21.2. The number of nitrogens with zero attached hydrogens (tertiary/aromatic N) is 3. The quantitative estimate of drug-likeness (QED) is 0.398. The molecule has 2 heterocycles. The van der Waals surface area contributed by atoms with Gasteiger partial charge >= 0.3 is 0 Å². The number of hydrogen-bond acceptors (Lipinski definition) is 4. The van der Waals surface area contributed by atoms with Crippen LogP contribution in [0.5, 0.6) is 0 Å². The maximum Gasteiger partial charge on any atom is 0.251 e. The Labute approximate surface area is 178 Å². The lowest BCUT2D eigenvalue weighted by Crippen LogP contribution is -2.26. The summed E-state index contributed by atoms with van der Waals surface area (Å²) in [6, 6.07) is 23.3. The van der Waals surface area contributed by atoms with Crippen molar-refractivity contribution in [2.75, 3.05) is 0 Å². The van der Waals surface area contributed by atoms with Crippen molar-refractivity contribution in [2.24, 2.45) is 0 Å². The van der Waals surface area contributed by atoms with Crippen LogP contribution in [0.25, 0.3) is 33.4 Å². The molecule has 5 rings (SSSR count). The summed E-state index contributed by atoms with van der Waals surface area (Å²) in [4.78, 5) is 12.9. The summed E-state index contributed by atoms with van der Waals surface area (Å²) in [5, 5.41) is 22.2. The van der Waals surface area contributed by atoms with Crippen LogP contribution in [0.3, 0.4) is 0 Å². The zero-order valence-corrected chi connectivity index (χ0v) is 16.8. The second-order valence-electron chi connectivity index (χ2n) is 7.37. The van der Waals surface area contributed by atoms with E-state index >= 15 is 0 Å². The van der Waals surface area contributed by atoms with Crippen molar-refractivity contribution in [1.82, 2.24) is 30.9 Å². The first-order chi connectivity index (χ1) is 15.2. The molecule has 3 aromatic carbocycles. The number of hydrogen-bond donors (Lipinski definition) is 3. The lowest BCUT2D eigenvalue weighted by atomic mass is 10.0. The zero-order valence-electron chi connectivity index (χ0n) is 16.8. The number of amides is 1. The minimum atomic E-state index is -0.124. The van der Waals surface area contributed by atoms with Crippen molar-refractivity contribution in [3.8, 4) is 22.5 Å². The lowest BCUT2D eigenvalue weighted by molar-refractivity contribution is 0.0940. The van der Waals surface area contributed by atoms with Crippen molar-refractivity contribution in [1.29, 1.82) is 0 Å². The fourth-order valence-corrected chi connectivity index (χ4v) is 3.65. The molecule has 7 nitrogen and oxygen atoms in total. The molecule has 2 aromatic heterocycles. The molecule has 31 heavy (non-hydrogen) atoms. The van der Waals surface area contributed by atoms with E-state index in [0.29, 0.717) is 5.56 Å². The Morgan fingerprint density at radius 2 is 1.81 bits per heavy atom. The van der Waals surface area contributed by atoms with Crippen LogP contribution >= 0.6 is 0 Å². The first-order valence-corrected chi connectivity index (χ1v) is 9.99. The van der Waals surface area contributed by atoms with Crippen molar-refractivity contribution in [2.45, 2.75) is 13.0 Å². The van der Waals surface area contributed by atoms with Crippen LogP contribution in [0, 0.1) is 0 Å². The van der Waals surface area contributed by atoms with E-state index in [4.69, 9.17) is 0 Å². The highest BCUT2D eigenvalue weighted by Gasteiger charge is 2.15. The van der Waals surface area contributed by atoms with Crippen molar-refractivity contribution in [3.63, 3.8) is 0 Å². The second-order valence-corrected chi connectivity index (χ2v) is 7.37. The molecular weight excluding hydrogens is 388 g/mol. The predicted octanol–water partition coefficient (Wildman–Crippen LogP) is 4.51. The first kappa shape index (κ1) is 18.7. The SMILES string of the molecule is C[C@H](NC(=O)c1cccc(-c2n[nH]c3ccc(-c4cn[nH]n4)cc23)c1)c1ccccc1. The number of carbonyl (C=O) groups is 1. The Hall–Kier alpha value is -4.26. The van der Waals surface area contributed by atoms with Gasteiger partial charge in [-0.2, -0.15) is 20.5 Å². The van der Waals surface area contributed by atoms with Crippen molar-refractivity contribution < 1.29 is 4.79 Å². The normalized spacial score (nSPS) is 12.0. The van der Waals surface area contributed by atoms with Gasteiger partial charge in [-0.1, -0.05) is 48.5 Å². The predicted molar refractivity (Wildman–Crippen MR) is 119 cm³/mol. The van der Waals surface area contributed by atoms with E-state index in [0.717, 1.165) is 39.0 Å². The third kappa shape index (κ3) is 3.69. The van der Waals surface area contributed by atoms with Crippen LogP contribution < -0.4 is 5.32 Å². The van der Waals surface area contributed by atoms with Gasteiger partial charge in [0.05, 0.1) is 23.4 Å². The van der Waals surface area contributed by atoms with Crippen LogP contribution in [0.15, 0.2) is 79.0 Å². The van der Waals surface area contributed by atoms with E-state index in [1.165, 1.54) is 0 Å². The maximum absolute atomic E-state index is 12.9. The van der Waals surface area contributed by atoms with Crippen molar-refractivity contribution in [3.05, 3.63) is 90.1 Å². The molecule has 0 saturated carbocycles. The van der Waals surface area contributed by atoms with Gasteiger partial charge in [-0.05, 0) is 36.8 Å². The van der Waals surface area contributed by atoms with Gasteiger partial charge in [0.15, 0.2) is 0 Å². The Morgan fingerprint density at radius 1 is 0.935 bits per heavy atom. The summed E-state index contributed by atoms with van der Waals surface area (Å²) in [7, 11) is 0. The van der Waals surface area contributed by atoms with E-state index < -0.39 is 0 Å². The molecule has 5 aromatic rings. The third-order valence-electron chi connectivity index (χ3n) is 5.32. The van der Waals surface area contributed by atoms with E-state index in [2.05, 4.69) is 30.9 Å². The van der Waals surface area contributed by atoms with Gasteiger partial charge < -0.3 is 5.32 Å². The topological polar surface area (TPSA) is 99.4 Å². The molecule has 152 valence electrons. The smallest absolute Gasteiger partial charge is 0.251 e. The molecule has 0 spiro atoms. The summed E-state index contributed by atoms with van der Waals surface area (Å²) in [5.74, 6) is -0.124. The van der Waals surface area contributed by atoms with E-state index in [1.54, 1.807) is 6.20 Å². The monoisotopic (exact) mass is 408 g/mol. The first-order valence-electron chi connectivity index (χ1n) is 9.99. The number of nitrogens with one attached hydrogen (secondary N) is 3. The molecule has 0 unspecified atom stereocenters. The van der Waals surface area contributed by atoms with E-state index in [9.17, 15) is 4.79 Å². The molecule has 0 aliphatic rings. The number of fused-ring (bicyclic) bond motifs is 1. The Kier molecular flexibility index (Phi) is 4.76. The molecule has 0 radical (unpaired) electrons. The van der Waals surface area contributed by atoms with Crippen LogP contribution in [0.4, 0.5) is 0 Å². The second kappa shape index (κ2) is 7.87. The van der Waals surface area contributed by atoms with Gasteiger partial charge in [0.2, 0.25) is 0 Å². The fourth-order valence-electron chi connectivity index (χ4n) is 3.65. The van der Waals surface area contributed by atoms with Crippen LogP contribution in [0.2, 0.25) is 0 Å². The van der Waals surface area contributed by atoms with E-state index in [-0.39, 0.29) is 11.9 Å². The molecule has 1 atom stereocenters. The maximum atomic E-state index is 12.9. The molecular formula is C24H20N6O. The average molecular weight is 408 g/mol. The average Bonchev–Trinajstić information content (AvgIpc) is 3.49. The van der Waals surface area contributed by atoms with Crippen LogP contribution in [-0.2, 0) is 0 Å². The highest BCUT2D eigenvalue weighted by molar-refractivity contribution is 5.99. The molecule has 3 N–H and O–H groups in total. The molecule has 1 amide bonds. The molecule has 0 aliphatic heterocycles. The summed E-state index contributed by atoms with van der Waals surface area (Å²) in [6.45, 7) is 1.98. The van der Waals surface area contributed by atoms with Gasteiger partial charge in [0.25, 0.3) is 5.91 Å². The summed E-state index contributed by atoms with van der Waals surface area (Å²) in [5.41, 5.74) is 5.91. The molecule has 0 bridgehead atoms. The number of aromatic amines is 2. The Bertz CT molecular complexity index is 1340. The molecule has 0 fully saturated rings. The van der Waals surface area contributed by atoms with Crippen LogP contribution in [0.1, 0.15) is 28.9 Å². The summed E-state index contributed by atoms with van der Waals surface area (Å²) < 4.78 is 0. The van der Waals surface area contributed by atoms with Gasteiger partial charge in [-0.3, -0.25) is 9.89 Å². The standard InChI is InChI=1S/C24H20N6O/c1-15(16-6-3-2-4-7-16)26-24(31)19-9-5-8-18(12-19)23-20-13-17(22-14-25-30-28-22)10-11-21(20)27-29-23/h2-15H,1H3,(H,26,31)(H,27,29)(H,25,28,30)/t15-/m0/s1. The van der Waals surface area contributed by atoms with Crippen LogP contribution in [-0.4, -0.2) is 31.5 Å². The summed E-state index contributed by atoms with van der Waals surface area (Å²) >= 11 is 0. The highest BCUT2D eigenvalue weighted by Crippen LogP contribution is 2.30. The van der Waals surface area contributed by atoms with Crippen molar-refractivity contribution >= 4 is 16.8 Å². The van der Waals surface area contributed by atoms with Gasteiger partial charge in [-0.15, -0.1) is 0 Å². The Morgan fingerprint density at radius 3 is 2.61 bits per heavy atom. The van der Waals surface area contributed by atoms with Gasteiger partial charge in [-0.25, -0.2) is 0 Å². The van der Waals surface area contributed by atoms with Gasteiger partial charge in [0.1, 0.15) is 5.69 Å². The minimum Gasteiger partial charge on any atom is -0.346 e.